The zero-order chi connectivity index (χ0) is 18.2. The van der Waals surface area contributed by atoms with E-state index in [1.165, 1.54) is 0 Å². The molecule has 6 heteroatoms. The van der Waals surface area contributed by atoms with E-state index in [0.717, 1.165) is 5.75 Å². The normalized spacial score (nSPS) is 11.4. The molecule has 25 heavy (non-hydrogen) atoms. The average Bonchev–Trinajstić information content (AvgIpc) is 2.61. The number of hydrogen-bond donors (Lipinski definition) is 2. The molecule has 0 radical (unpaired) electrons. The van der Waals surface area contributed by atoms with Gasteiger partial charge in [-0.15, -0.1) is 0 Å². The Labute approximate surface area is 146 Å². The van der Waals surface area contributed by atoms with E-state index in [1.807, 2.05) is 6.92 Å². The first-order valence-corrected chi connectivity index (χ1v) is 7.98. The van der Waals surface area contributed by atoms with E-state index in [9.17, 15) is 9.59 Å². The van der Waals surface area contributed by atoms with Crippen molar-refractivity contribution < 1.29 is 24.2 Å². The monoisotopic (exact) mass is 343 g/mol. The van der Waals surface area contributed by atoms with Gasteiger partial charge >= 0.3 is 5.97 Å². The van der Waals surface area contributed by atoms with Gasteiger partial charge in [-0.25, -0.2) is 0 Å². The van der Waals surface area contributed by atoms with E-state index < -0.39 is 11.9 Å². The fraction of sp³-hybridized carbons (Fsp3) is 0.263. The van der Waals surface area contributed by atoms with Crippen molar-refractivity contribution in [1.29, 1.82) is 0 Å². The minimum atomic E-state index is -0.915. The van der Waals surface area contributed by atoms with Crippen molar-refractivity contribution in [2.45, 2.75) is 19.8 Å². The van der Waals surface area contributed by atoms with Crippen LogP contribution in [0.1, 0.15) is 25.3 Å². The number of nitrogens with one attached hydrogen (secondary N) is 1. The van der Waals surface area contributed by atoms with Gasteiger partial charge in [0.15, 0.2) is 6.61 Å². The molecule has 0 aliphatic heterocycles. The molecule has 0 aromatic heterocycles. The lowest BCUT2D eigenvalue weighted by Crippen LogP contribution is -2.20. The van der Waals surface area contributed by atoms with E-state index >= 15 is 0 Å². The van der Waals surface area contributed by atoms with E-state index in [1.54, 1.807) is 55.5 Å². The molecule has 0 fully saturated rings. The summed E-state index contributed by atoms with van der Waals surface area (Å²) in [5.74, 6) is -0.580. The second-order valence-corrected chi connectivity index (χ2v) is 5.43. The third-order valence-electron chi connectivity index (χ3n) is 3.55. The van der Waals surface area contributed by atoms with Gasteiger partial charge in [0.25, 0.3) is 5.91 Å². The number of hydrogen-bond acceptors (Lipinski definition) is 4. The van der Waals surface area contributed by atoms with Crippen molar-refractivity contribution in [3.63, 3.8) is 0 Å². The third-order valence-corrected chi connectivity index (χ3v) is 3.55. The van der Waals surface area contributed by atoms with Gasteiger partial charge in [-0.3, -0.25) is 9.59 Å². The van der Waals surface area contributed by atoms with E-state index in [0.29, 0.717) is 23.6 Å². The molecule has 1 atom stereocenters. The molecule has 0 aliphatic rings. The predicted octanol–water partition coefficient (Wildman–Crippen LogP) is 3.29. The van der Waals surface area contributed by atoms with E-state index in [-0.39, 0.29) is 12.5 Å². The summed E-state index contributed by atoms with van der Waals surface area (Å²) in [5.41, 5.74) is 1.16. The number of anilines is 1. The molecule has 0 heterocycles. The molecule has 2 aromatic carbocycles. The quantitative estimate of drug-likeness (QED) is 0.768. The summed E-state index contributed by atoms with van der Waals surface area (Å²) in [6.45, 7) is 3.94. The maximum atomic E-state index is 12.0. The Morgan fingerprint density at radius 1 is 1.08 bits per heavy atom. The summed E-state index contributed by atoms with van der Waals surface area (Å²) in [5, 5.41) is 11.8. The zero-order valence-electron chi connectivity index (χ0n) is 14.2. The summed E-state index contributed by atoms with van der Waals surface area (Å²) >= 11 is 0. The number of amides is 1. The maximum absolute atomic E-state index is 12.0. The predicted molar refractivity (Wildman–Crippen MR) is 94.2 cm³/mol. The largest absolute Gasteiger partial charge is 0.494 e. The van der Waals surface area contributed by atoms with Gasteiger partial charge < -0.3 is 19.9 Å². The molecule has 0 spiro atoms. The van der Waals surface area contributed by atoms with Gasteiger partial charge in [0.1, 0.15) is 11.5 Å². The number of carboxylic acids is 1. The van der Waals surface area contributed by atoms with Crippen molar-refractivity contribution in [3.05, 3.63) is 54.1 Å². The highest BCUT2D eigenvalue weighted by atomic mass is 16.5. The van der Waals surface area contributed by atoms with Crippen molar-refractivity contribution in [2.24, 2.45) is 0 Å². The van der Waals surface area contributed by atoms with Crippen molar-refractivity contribution in [3.8, 4) is 11.5 Å². The molecule has 1 amide bonds. The minimum absolute atomic E-state index is 0.146. The summed E-state index contributed by atoms with van der Waals surface area (Å²) < 4.78 is 10.8. The van der Waals surface area contributed by atoms with E-state index in [4.69, 9.17) is 14.6 Å². The number of carbonyl (C=O) groups excluding carboxylic acids is 1. The van der Waals surface area contributed by atoms with Gasteiger partial charge in [-0.2, -0.15) is 0 Å². The standard InChI is InChI=1S/C19H21NO5/c1-3-24-16-7-9-17(10-8-16)25-12-18(21)20-15-6-4-5-14(11-15)13(2)19(22)23/h4-11,13H,3,12H2,1-2H3,(H,20,21)(H,22,23). The van der Waals surface area contributed by atoms with Gasteiger partial charge in [0, 0.05) is 5.69 Å². The highest BCUT2D eigenvalue weighted by molar-refractivity contribution is 5.92. The second kappa shape index (κ2) is 8.73. The number of ether oxygens (including phenoxy) is 2. The number of carbonyl (C=O) groups is 2. The maximum Gasteiger partial charge on any atom is 0.310 e. The third kappa shape index (κ3) is 5.53. The first-order valence-electron chi connectivity index (χ1n) is 7.98. The fourth-order valence-corrected chi connectivity index (χ4v) is 2.17. The van der Waals surface area contributed by atoms with Crippen LogP contribution in [0.5, 0.6) is 11.5 Å². The number of rotatable bonds is 8. The minimum Gasteiger partial charge on any atom is -0.494 e. The molecule has 2 rings (SSSR count). The van der Waals surface area contributed by atoms with Crippen LogP contribution in [0.25, 0.3) is 0 Å². The molecule has 6 nitrogen and oxygen atoms in total. The molecule has 1 unspecified atom stereocenters. The summed E-state index contributed by atoms with van der Waals surface area (Å²) in [6.07, 6.45) is 0. The van der Waals surface area contributed by atoms with Crippen molar-refractivity contribution in [1.82, 2.24) is 0 Å². The first-order chi connectivity index (χ1) is 12.0. The fourth-order valence-electron chi connectivity index (χ4n) is 2.17. The highest BCUT2D eigenvalue weighted by Crippen LogP contribution is 2.20. The van der Waals surface area contributed by atoms with Gasteiger partial charge in [-0.05, 0) is 55.8 Å². The zero-order valence-corrected chi connectivity index (χ0v) is 14.2. The smallest absolute Gasteiger partial charge is 0.310 e. The van der Waals surface area contributed by atoms with Crippen LogP contribution in [0.4, 0.5) is 5.69 Å². The Morgan fingerprint density at radius 2 is 1.72 bits per heavy atom. The lowest BCUT2D eigenvalue weighted by molar-refractivity contribution is -0.138. The van der Waals surface area contributed by atoms with Gasteiger partial charge in [0.2, 0.25) is 0 Å². The molecule has 0 aliphatic carbocycles. The highest BCUT2D eigenvalue weighted by Gasteiger charge is 2.14. The van der Waals surface area contributed by atoms with Crippen LogP contribution in [-0.2, 0) is 9.59 Å². The molecule has 0 saturated heterocycles. The number of benzene rings is 2. The van der Waals surface area contributed by atoms with Crippen LogP contribution in [0.15, 0.2) is 48.5 Å². The Morgan fingerprint density at radius 3 is 2.32 bits per heavy atom. The number of aliphatic carboxylic acids is 1. The van der Waals surface area contributed by atoms with Crippen LogP contribution >= 0.6 is 0 Å². The second-order valence-electron chi connectivity index (χ2n) is 5.43. The lowest BCUT2D eigenvalue weighted by atomic mass is 10.0. The SMILES string of the molecule is CCOc1ccc(OCC(=O)Nc2cccc(C(C)C(=O)O)c2)cc1. The Balaban J connectivity index is 1.89. The lowest BCUT2D eigenvalue weighted by Gasteiger charge is -2.11. The van der Waals surface area contributed by atoms with Crippen LogP contribution in [-0.4, -0.2) is 30.2 Å². The molecular formula is C19H21NO5. The van der Waals surface area contributed by atoms with Crippen LogP contribution in [0, 0.1) is 0 Å². The van der Waals surface area contributed by atoms with Gasteiger partial charge in [-0.1, -0.05) is 12.1 Å². The van der Waals surface area contributed by atoms with Crippen molar-refractivity contribution in [2.75, 3.05) is 18.5 Å². The van der Waals surface area contributed by atoms with Crippen LogP contribution in [0.3, 0.4) is 0 Å². The molecule has 132 valence electrons. The van der Waals surface area contributed by atoms with E-state index in [2.05, 4.69) is 5.32 Å². The van der Waals surface area contributed by atoms with Crippen LogP contribution in [0.2, 0.25) is 0 Å². The van der Waals surface area contributed by atoms with Crippen molar-refractivity contribution >= 4 is 17.6 Å². The molecule has 2 aromatic rings. The molecule has 2 N–H and O–H groups in total. The first kappa shape index (κ1) is 18.3. The average molecular weight is 343 g/mol. The summed E-state index contributed by atoms with van der Waals surface area (Å²) in [7, 11) is 0. The summed E-state index contributed by atoms with van der Waals surface area (Å²) in [4.78, 5) is 23.0. The van der Waals surface area contributed by atoms with Crippen LogP contribution < -0.4 is 14.8 Å². The number of carboxylic acid groups (broad SMARTS) is 1. The summed E-state index contributed by atoms with van der Waals surface area (Å²) in [6, 6.07) is 13.8. The Hall–Kier alpha value is -3.02. The topological polar surface area (TPSA) is 84.9 Å². The van der Waals surface area contributed by atoms with Gasteiger partial charge in [0.05, 0.1) is 12.5 Å². The molecular weight excluding hydrogens is 322 g/mol. The Bertz CT molecular complexity index is 727. The molecule has 0 bridgehead atoms. The Kier molecular flexibility index (Phi) is 6.39. The molecule has 0 saturated carbocycles.